The molecular formula is C30H34N4O2. The first-order valence-corrected chi connectivity index (χ1v) is 12.9. The van der Waals surface area contributed by atoms with Crippen molar-refractivity contribution in [3.8, 4) is 6.07 Å². The van der Waals surface area contributed by atoms with Crippen molar-refractivity contribution >= 4 is 23.0 Å². The van der Waals surface area contributed by atoms with Crippen molar-refractivity contribution in [3.05, 3.63) is 70.0 Å². The largest absolute Gasteiger partial charge is 0.375 e. The van der Waals surface area contributed by atoms with E-state index in [4.69, 9.17) is 9.72 Å². The third kappa shape index (κ3) is 4.56. The molecule has 2 unspecified atom stereocenters. The monoisotopic (exact) mass is 482 g/mol. The summed E-state index contributed by atoms with van der Waals surface area (Å²) in [4.78, 5) is 17.9. The second-order valence-corrected chi connectivity index (χ2v) is 10.8. The number of pyridine rings is 1. The van der Waals surface area contributed by atoms with Crippen LogP contribution in [0.5, 0.6) is 0 Å². The minimum atomic E-state index is -0.240. The van der Waals surface area contributed by atoms with Gasteiger partial charge in [-0.15, -0.1) is 0 Å². The number of nitrogens with one attached hydrogen (secondary N) is 1. The van der Waals surface area contributed by atoms with Gasteiger partial charge in [-0.1, -0.05) is 24.3 Å². The zero-order chi connectivity index (χ0) is 25.4. The molecular weight excluding hydrogens is 448 g/mol. The van der Waals surface area contributed by atoms with Crippen LogP contribution < -0.4 is 5.32 Å². The molecule has 1 aromatic carbocycles. The quantitative estimate of drug-likeness (QED) is 0.495. The van der Waals surface area contributed by atoms with Gasteiger partial charge in [0.25, 0.3) is 0 Å². The molecule has 1 fully saturated rings. The predicted octanol–water partition coefficient (Wildman–Crippen LogP) is 5.54. The molecule has 1 aliphatic heterocycles. The number of fused-ring (bicyclic) bond motifs is 2. The maximum Gasteiger partial charge on any atom is 0.244 e. The fourth-order valence-corrected chi connectivity index (χ4v) is 6.01. The van der Waals surface area contributed by atoms with E-state index >= 15 is 0 Å². The van der Waals surface area contributed by atoms with Gasteiger partial charge in [-0.2, -0.15) is 5.26 Å². The number of carbonyl (C=O) groups is 1. The van der Waals surface area contributed by atoms with E-state index in [0.29, 0.717) is 12.2 Å². The number of rotatable bonds is 4. The molecule has 1 N–H and O–H groups in total. The summed E-state index contributed by atoms with van der Waals surface area (Å²) < 4.78 is 7.99. The Morgan fingerprint density at radius 1 is 1.28 bits per heavy atom. The number of carbonyl (C=O) groups excluding carboxylic acids is 1. The Morgan fingerprint density at radius 3 is 2.86 bits per heavy atom. The molecule has 2 aliphatic rings. The van der Waals surface area contributed by atoms with Gasteiger partial charge in [-0.3, -0.25) is 4.79 Å². The van der Waals surface area contributed by atoms with Crippen molar-refractivity contribution in [2.24, 2.45) is 0 Å². The van der Waals surface area contributed by atoms with E-state index in [9.17, 15) is 10.1 Å². The summed E-state index contributed by atoms with van der Waals surface area (Å²) in [5, 5.41) is 14.3. The molecule has 0 radical (unpaired) electrons. The number of benzene rings is 1. The van der Waals surface area contributed by atoms with Crippen LogP contribution in [-0.4, -0.2) is 33.7 Å². The zero-order valence-corrected chi connectivity index (χ0v) is 21.6. The van der Waals surface area contributed by atoms with Crippen LogP contribution in [-0.2, 0) is 16.0 Å². The van der Waals surface area contributed by atoms with E-state index in [0.717, 1.165) is 60.1 Å². The van der Waals surface area contributed by atoms with Crippen molar-refractivity contribution in [1.82, 2.24) is 14.9 Å². The van der Waals surface area contributed by atoms with Crippen LogP contribution in [0.4, 0.5) is 0 Å². The molecule has 1 aliphatic carbocycles. The zero-order valence-electron chi connectivity index (χ0n) is 21.6. The molecule has 5 rings (SSSR count). The third-order valence-electron chi connectivity index (χ3n) is 7.52. The van der Waals surface area contributed by atoms with Gasteiger partial charge in [-0.05, 0) is 88.6 Å². The molecule has 6 heteroatoms. The van der Waals surface area contributed by atoms with E-state index in [-0.39, 0.29) is 23.6 Å². The number of aromatic nitrogens is 2. The number of ether oxygens (including phenoxy) is 1. The molecule has 3 aromatic rings. The predicted molar refractivity (Wildman–Crippen MR) is 142 cm³/mol. The Kier molecular flexibility index (Phi) is 6.44. The lowest BCUT2D eigenvalue weighted by Gasteiger charge is -2.35. The van der Waals surface area contributed by atoms with Crippen LogP contribution in [0.2, 0.25) is 0 Å². The fraction of sp³-hybridized carbons (Fsp3) is 0.433. The maximum atomic E-state index is 13.0. The molecule has 2 aromatic heterocycles. The van der Waals surface area contributed by atoms with Crippen LogP contribution in [0.15, 0.2) is 36.4 Å². The lowest BCUT2D eigenvalue weighted by atomic mass is 9.87. The standard InChI is InChI=1S/C30H34N4O2/c1-19-16-20(2)32-29-28(19)24(18-31)26(12-13-27(35)33-22-14-15-36-30(3,4)17-22)34(29)25-11-7-9-21-8-5-6-10-23(21)25/h5-6,8,10,12-13,16,22,25H,7,9,11,14-15,17H2,1-4H3,(H,33,35). The van der Waals surface area contributed by atoms with Crippen LogP contribution in [0, 0.1) is 25.2 Å². The minimum Gasteiger partial charge on any atom is -0.375 e. The molecule has 0 spiro atoms. The second-order valence-electron chi connectivity index (χ2n) is 10.8. The first-order valence-electron chi connectivity index (χ1n) is 12.9. The number of hydrogen-bond acceptors (Lipinski definition) is 4. The molecule has 36 heavy (non-hydrogen) atoms. The van der Waals surface area contributed by atoms with Crippen molar-refractivity contribution in [3.63, 3.8) is 0 Å². The highest BCUT2D eigenvalue weighted by molar-refractivity contribution is 5.96. The summed E-state index contributed by atoms with van der Waals surface area (Å²) in [5.74, 6) is -0.150. The summed E-state index contributed by atoms with van der Waals surface area (Å²) in [6.07, 6.45) is 8.04. The van der Waals surface area contributed by atoms with E-state index in [1.165, 1.54) is 11.1 Å². The summed E-state index contributed by atoms with van der Waals surface area (Å²) >= 11 is 0. The normalized spacial score (nSPS) is 21.3. The Balaban J connectivity index is 1.59. The van der Waals surface area contributed by atoms with Gasteiger partial charge in [0.2, 0.25) is 5.91 Å². The lowest BCUT2D eigenvalue weighted by molar-refractivity contribution is -0.119. The molecule has 2 atom stereocenters. The Labute approximate surface area is 213 Å². The van der Waals surface area contributed by atoms with E-state index < -0.39 is 0 Å². The number of aryl methyl sites for hydroxylation is 3. The van der Waals surface area contributed by atoms with Gasteiger partial charge in [0.05, 0.1) is 22.9 Å². The summed E-state index contributed by atoms with van der Waals surface area (Å²) in [6, 6.07) is 13.1. The first-order chi connectivity index (χ1) is 17.3. The summed E-state index contributed by atoms with van der Waals surface area (Å²) in [6.45, 7) is 8.77. The first kappa shape index (κ1) is 24.3. The van der Waals surface area contributed by atoms with Gasteiger partial charge < -0.3 is 14.6 Å². The lowest BCUT2D eigenvalue weighted by Crippen LogP contribution is -2.45. The molecule has 6 nitrogen and oxygen atoms in total. The SMILES string of the molecule is Cc1cc(C)c2c(C#N)c(C=CC(=O)NC3CCOC(C)(C)C3)n(C3CCCc4ccccc43)c2n1. The average Bonchev–Trinajstić information content (AvgIpc) is 3.15. The number of hydrogen-bond donors (Lipinski definition) is 1. The number of amides is 1. The highest BCUT2D eigenvalue weighted by Gasteiger charge is 2.30. The topological polar surface area (TPSA) is 79.9 Å². The summed E-state index contributed by atoms with van der Waals surface area (Å²) in [7, 11) is 0. The number of nitrogens with zero attached hydrogens (tertiary/aromatic N) is 3. The van der Waals surface area contributed by atoms with Gasteiger partial charge in [0, 0.05) is 29.8 Å². The van der Waals surface area contributed by atoms with Gasteiger partial charge in [0.1, 0.15) is 11.7 Å². The maximum absolute atomic E-state index is 13.0. The average molecular weight is 483 g/mol. The van der Waals surface area contributed by atoms with E-state index in [2.05, 4.69) is 54.1 Å². The second kappa shape index (κ2) is 9.55. The van der Waals surface area contributed by atoms with E-state index in [1.54, 1.807) is 6.08 Å². The van der Waals surface area contributed by atoms with E-state index in [1.807, 2.05) is 26.0 Å². The van der Waals surface area contributed by atoms with Gasteiger partial charge >= 0.3 is 0 Å². The van der Waals surface area contributed by atoms with Crippen molar-refractivity contribution < 1.29 is 9.53 Å². The van der Waals surface area contributed by atoms with Crippen molar-refractivity contribution in [1.29, 1.82) is 5.26 Å². The summed E-state index contributed by atoms with van der Waals surface area (Å²) in [5.41, 5.74) is 6.46. The minimum absolute atomic E-state index is 0.0623. The van der Waals surface area contributed by atoms with Crippen LogP contribution in [0.1, 0.15) is 79.2 Å². The highest BCUT2D eigenvalue weighted by Crippen LogP contribution is 2.39. The van der Waals surface area contributed by atoms with Crippen molar-refractivity contribution in [2.75, 3.05) is 6.61 Å². The van der Waals surface area contributed by atoms with Gasteiger partial charge in [-0.25, -0.2) is 4.98 Å². The Bertz CT molecular complexity index is 1390. The smallest absolute Gasteiger partial charge is 0.244 e. The Morgan fingerprint density at radius 2 is 2.08 bits per heavy atom. The molecule has 1 saturated heterocycles. The fourth-order valence-electron chi connectivity index (χ4n) is 6.01. The molecule has 1 amide bonds. The highest BCUT2D eigenvalue weighted by atomic mass is 16.5. The molecule has 3 heterocycles. The van der Waals surface area contributed by atoms with Gasteiger partial charge in [0.15, 0.2) is 0 Å². The molecule has 0 saturated carbocycles. The number of nitriles is 1. The van der Waals surface area contributed by atoms with Crippen molar-refractivity contribution in [2.45, 2.75) is 77.5 Å². The third-order valence-corrected chi connectivity index (χ3v) is 7.52. The van der Waals surface area contributed by atoms with Crippen LogP contribution >= 0.6 is 0 Å². The van der Waals surface area contributed by atoms with Crippen LogP contribution in [0.25, 0.3) is 17.1 Å². The Hall–Kier alpha value is -3.43. The van der Waals surface area contributed by atoms with Crippen LogP contribution in [0.3, 0.4) is 0 Å². The molecule has 0 bridgehead atoms. The molecule has 186 valence electrons.